The molecule has 112 valence electrons. The Kier molecular flexibility index (Phi) is 4.51. The van der Waals surface area contributed by atoms with E-state index >= 15 is 0 Å². The summed E-state index contributed by atoms with van der Waals surface area (Å²) < 4.78 is 29.4. The molecule has 1 aliphatic rings. The molecule has 0 bridgehead atoms. The van der Waals surface area contributed by atoms with Crippen molar-refractivity contribution in [1.29, 1.82) is 0 Å². The van der Waals surface area contributed by atoms with Crippen molar-refractivity contribution in [2.45, 2.75) is 38.5 Å². The summed E-state index contributed by atoms with van der Waals surface area (Å²) >= 11 is 1.80. The summed E-state index contributed by atoms with van der Waals surface area (Å²) in [5.41, 5.74) is 2.12. The van der Waals surface area contributed by atoms with E-state index in [-0.39, 0.29) is 5.75 Å². The fourth-order valence-electron chi connectivity index (χ4n) is 2.79. The third-order valence-corrected chi connectivity index (χ3v) is 4.78. The van der Waals surface area contributed by atoms with Gasteiger partial charge in [0.15, 0.2) is 0 Å². The molecular formula is C16H17F2NOS. The van der Waals surface area contributed by atoms with Crippen molar-refractivity contribution < 1.29 is 13.5 Å². The van der Waals surface area contributed by atoms with Gasteiger partial charge in [0.2, 0.25) is 0 Å². The Labute approximate surface area is 126 Å². The molecule has 1 atom stereocenters. The largest absolute Gasteiger partial charge is 0.434 e. The molecule has 1 aromatic heterocycles. The van der Waals surface area contributed by atoms with Gasteiger partial charge in [0, 0.05) is 23.0 Å². The molecule has 0 radical (unpaired) electrons. The minimum absolute atomic E-state index is 0.251. The number of rotatable bonds is 5. The van der Waals surface area contributed by atoms with Gasteiger partial charge in [0.05, 0.1) is 0 Å². The van der Waals surface area contributed by atoms with Crippen LogP contribution in [0.25, 0.3) is 0 Å². The third kappa shape index (κ3) is 3.41. The normalized spacial score (nSPS) is 17.8. The fraction of sp³-hybridized carbons (Fsp3) is 0.375. The predicted octanol–water partition coefficient (Wildman–Crippen LogP) is 4.52. The van der Waals surface area contributed by atoms with Gasteiger partial charge in [-0.2, -0.15) is 8.78 Å². The van der Waals surface area contributed by atoms with Gasteiger partial charge in [0.1, 0.15) is 5.75 Å². The van der Waals surface area contributed by atoms with Crippen molar-refractivity contribution in [2.75, 3.05) is 0 Å². The molecule has 1 aliphatic carbocycles. The van der Waals surface area contributed by atoms with Gasteiger partial charge < -0.3 is 10.1 Å². The van der Waals surface area contributed by atoms with Crippen LogP contribution in [0.2, 0.25) is 0 Å². The summed E-state index contributed by atoms with van der Waals surface area (Å²) in [5, 5.41) is 5.60. The minimum atomic E-state index is -2.79. The van der Waals surface area contributed by atoms with Gasteiger partial charge in [0.25, 0.3) is 0 Å². The van der Waals surface area contributed by atoms with Gasteiger partial charge in [-0.3, -0.25) is 0 Å². The molecule has 0 spiro atoms. The van der Waals surface area contributed by atoms with Gasteiger partial charge in [-0.15, -0.1) is 11.3 Å². The van der Waals surface area contributed by atoms with E-state index in [1.807, 2.05) is 12.1 Å². The fourth-order valence-corrected chi connectivity index (χ4v) is 3.78. The van der Waals surface area contributed by atoms with Crippen molar-refractivity contribution >= 4 is 11.3 Å². The Bertz CT molecular complexity index is 599. The number of halogens is 2. The highest BCUT2D eigenvalue weighted by atomic mass is 32.1. The lowest BCUT2D eigenvalue weighted by Gasteiger charge is -2.24. The molecule has 1 N–H and O–H groups in total. The molecule has 0 aliphatic heterocycles. The average molecular weight is 309 g/mol. The van der Waals surface area contributed by atoms with E-state index < -0.39 is 6.61 Å². The molecule has 2 nitrogen and oxygen atoms in total. The van der Waals surface area contributed by atoms with Crippen LogP contribution in [0.3, 0.4) is 0 Å². The van der Waals surface area contributed by atoms with Crippen LogP contribution in [0.4, 0.5) is 8.78 Å². The maximum Gasteiger partial charge on any atom is 0.387 e. The zero-order valence-electron chi connectivity index (χ0n) is 11.5. The molecule has 0 fully saturated rings. The number of fused-ring (bicyclic) bond motifs is 1. The Morgan fingerprint density at radius 2 is 2.14 bits per heavy atom. The van der Waals surface area contributed by atoms with E-state index in [1.165, 1.54) is 16.9 Å². The number of para-hydroxylation sites is 1. The zero-order chi connectivity index (χ0) is 14.7. The molecule has 1 unspecified atom stereocenters. The van der Waals surface area contributed by atoms with Crippen LogP contribution in [0, 0.1) is 0 Å². The Morgan fingerprint density at radius 1 is 1.29 bits per heavy atom. The molecule has 0 saturated heterocycles. The molecule has 0 saturated carbocycles. The molecular weight excluding hydrogens is 292 g/mol. The van der Waals surface area contributed by atoms with Crippen molar-refractivity contribution in [3.05, 3.63) is 51.7 Å². The van der Waals surface area contributed by atoms with E-state index in [4.69, 9.17) is 0 Å². The quantitative estimate of drug-likeness (QED) is 0.877. The number of aryl methyl sites for hydroxylation is 1. The van der Waals surface area contributed by atoms with E-state index in [0.29, 0.717) is 12.6 Å². The monoisotopic (exact) mass is 309 g/mol. The molecule has 5 heteroatoms. The van der Waals surface area contributed by atoms with E-state index in [0.717, 1.165) is 18.4 Å². The summed E-state index contributed by atoms with van der Waals surface area (Å²) in [6.07, 6.45) is 3.40. The summed E-state index contributed by atoms with van der Waals surface area (Å²) in [4.78, 5) is 1.44. The highest BCUT2D eigenvalue weighted by molar-refractivity contribution is 7.10. The van der Waals surface area contributed by atoms with Crippen LogP contribution in [0.5, 0.6) is 5.75 Å². The average Bonchev–Trinajstić information content (AvgIpc) is 2.95. The number of alkyl halides is 2. The van der Waals surface area contributed by atoms with Crippen molar-refractivity contribution in [3.63, 3.8) is 0 Å². The standard InChI is InChI=1S/C16H17F2NOS/c17-16(18)20-14-6-2-1-4-11(14)10-19-13-5-3-7-15-12(13)8-9-21-15/h1-2,4,6,8-9,13,16,19H,3,5,7,10H2. The Hall–Kier alpha value is -1.46. The molecule has 3 rings (SSSR count). The lowest BCUT2D eigenvalue weighted by Crippen LogP contribution is -2.24. The smallest absolute Gasteiger partial charge is 0.387 e. The molecule has 1 heterocycles. The second-order valence-corrected chi connectivity index (χ2v) is 6.11. The maximum atomic E-state index is 12.4. The highest BCUT2D eigenvalue weighted by Gasteiger charge is 2.21. The van der Waals surface area contributed by atoms with Gasteiger partial charge in [-0.25, -0.2) is 0 Å². The van der Waals surface area contributed by atoms with E-state index in [9.17, 15) is 8.78 Å². The first-order valence-corrected chi connectivity index (χ1v) is 7.94. The summed E-state index contributed by atoms with van der Waals surface area (Å²) in [6.45, 7) is -2.26. The lowest BCUT2D eigenvalue weighted by atomic mass is 9.94. The van der Waals surface area contributed by atoms with Crippen LogP contribution in [-0.2, 0) is 13.0 Å². The van der Waals surface area contributed by atoms with E-state index in [2.05, 4.69) is 21.5 Å². The number of hydrogen-bond donors (Lipinski definition) is 1. The third-order valence-electron chi connectivity index (χ3n) is 3.78. The predicted molar refractivity (Wildman–Crippen MR) is 79.9 cm³/mol. The number of hydrogen-bond acceptors (Lipinski definition) is 3. The van der Waals surface area contributed by atoms with Crippen LogP contribution >= 0.6 is 11.3 Å². The first-order valence-electron chi connectivity index (χ1n) is 7.06. The Morgan fingerprint density at radius 3 is 3.00 bits per heavy atom. The molecule has 1 aromatic carbocycles. The number of nitrogens with one attached hydrogen (secondary N) is 1. The summed E-state index contributed by atoms with van der Waals surface area (Å²) in [6, 6.07) is 9.42. The van der Waals surface area contributed by atoms with Crippen LogP contribution in [-0.4, -0.2) is 6.61 Å². The van der Waals surface area contributed by atoms with Crippen LogP contribution in [0.15, 0.2) is 35.7 Å². The molecule has 21 heavy (non-hydrogen) atoms. The van der Waals surface area contributed by atoms with Gasteiger partial charge in [-0.05, 0) is 42.3 Å². The lowest BCUT2D eigenvalue weighted by molar-refractivity contribution is -0.0505. The van der Waals surface area contributed by atoms with Crippen molar-refractivity contribution in [1.82, 2.24) is 5.32 Å². The highest BCUT2D eigenvalue weighted by Crippen LogP contribution is 2.33. The zero-order valence-corrected chi connectivity index (χ0v) is 12.3. The number of ether oxygens (including phenoxy) is 1. The topological polar surface area (TPSA) is 21.3 Å². The molecule has 0 amide bonds. The first-order chi connectivity index (χ1) is 10.2. The number of benzene rings is 1. The maximum absolute atomic E-state index is 12.4. The second-order valence-electron chi connectivity index (χ2n) is 5.11. The Balaban J connectivity index is 1.69. The van der Waals surface area contributed by atoms with Crippen molar-refractivity contribution in [3.8, 4) is 5.75 Å². The summed E-state index contributed by atoms with van der Waals surface area (Å²) in [5.74, 6) is 0.251. The minimum Gasteiger partial charge on any atom is -0.434 e. The van der Waals surface area contributed by atoms with E-state index in [1.54, 1.807) is 23.5 Å². The first kappa shape index (κ1) is 14.5. The van der Waals surface area contributed by atoms with Crippen LogP contribution in [0.1, 0.15) is 34.9 Å². The van der Waals surface area contributed by atoms with Crippen molar-refractivity contribution in [2.24, 2.45) is 0 Å². The molecule has 2 aromatic rings. The van der Waals surface area contributed by atoms with Crippen LogP contribution < -0.4 is 10.1 Å². The summed E-state index contributed by atoms with van der Waals surface area (Å²) in [7, 11) is 0. The van der Waals surface area contributed by atoms with Gasteiger partial charge in [-0.1, -0.05) is 18.2 Å². The second kappa shape index (κ2) is 6.54. The number of thiophene rings is 1. The SMILES string of the molecule is FC(F)Oc1ccccc1CNC1CCCc2sccc21. The van der Waals surface area contributed by atoms with Gasteiger partial charge >= 0.3 is 6.61 Å².